The highest BCUT2D eigenvalue weighted by Crippen LogP contribution is 1.98. The lowest BCUT2D eigenvalue weighted by molar-refractivity contribution is -0.114. The molecular formula is C6H9NO3. The van der Waals surface area contributed by atoms with Gasteiger partial charge >= 0.3 is 0 Å². The van der Waals surface area contributed by atoms with Crippen molar-refractivity contribution in [3.63, 3.8) is 0 Å². The summed E-state index contributed by atoms with van der Waals surface area (Å²) < 4.78 is 0. The number of nitrogens with two attached hydrogens (primary N) is 1. The predicted molar refractivity (Wildman–Crippen MR) is 36.3 cm³/mol. The average molecular weight is 143 g/mol. The SMILES string of the molecule is C=C(CC=C(O)O)C(N)=O. The first-order chi connectivity index (χ1) is 4.54. The third-order valence-corrected chi connectivity index (χ3v) is 0.879. The van der Waals surface area contributed by atoms with Gasteiger partial charge in [-0.25, -0.2) is 0 Å². The molecule has 0 radical (unpaired) electrons. The number of aliphatic hydroxyl groups excluding tert-OH is 1. The summed E-state index contributed by atoms with van der Waals surface area (Å²) in [6, 6.07) is 0. The van der Waals surface area contributed by atoms with Gasteiger partial charge in [0, 0.05) is 18.1 Å². The second-order valence-corrected chi connectivity index (χ2v) is 1.73. The Balaban J connectivity index is 3.83. The molecule has 0 unspecified atom stereocenters. The fraction of sp³-hybridized carbons (Fsp3) is 0.167. The third-order valence-electron chi connectivity index (χ3n) is 0.879. The van der Waals surface area contributed by atoms with Crippen LogP contribution in [-0.4, -0.2) is 16.1 Å². The summed E-state index contributed by atoms with van der Waals surface area (Å²) in [7, 11) is 0. The molecule has 0 saturated heterocycles. The van der Waals surface area contributed by atoms with E-state index in [0.717, 1.165) is 6.08 Å². The highest BCUT2D eigenvalue weighted by molar-refractivity contribution is 5.91. The van der Waals surface area contributed by atoms with E-state index in [1.807, 2.05) is 0 Å². The maximum Gasteiger partial charge on any atom is 0.270 e. The number of allylic oxidation sites excluding steroid dienone is 1. The molecule has 0 aliphatic heterocycles. The van der Waals surface area contributed by atoms with E-state index in [1.54, 1.807) is 0 Å². The molecular weight excluding hydrogens is 134 g/mol. The van der Waals surface area contributed by atoms with Crippen LogP contribution in [0.2, 0.25) is 0 Å². The van der Waals surface area contributed by atoms with Crippen molar-refractivity contribution in [1.82, 2.24) is 0 Å². The topological polar surface area (TPSA) is 83.6 Å². The number of carbonyl (C=O) groups excluding carboxylic acids is 1. The zero-order chi connectivity index (χ0) is 8.15. The summed E-state index contributed by atoms with van der Waals surface area (Å²) >= 11 is 0. The van der Waals surface area contributed by atoms with Crippen LogP contribution in [0.3, 0.4) is 0 Å². The number of aliphatic hydroxyl groups is 2. The quantitative estimate of drug-likeness (QED) is 0.394. The smallest absolute Gasteiger partial charge is 0.270 e. The van der Waals surface area contributed by atoms with E-state index in [2.05, 4.69) is 6.58 Å². The molecule has 0 aromatic rings. The van der Waals surface area contributed by atoms with Crippen LogP contribution in [0.5, 0.6) is 0 Å². The molecule has 1 amide bonds. The average Bonchev–Trinajstić information content (AvgIpc) is 1.82. The first kappa shape index (κ1) is 8.55. The molecule has 0 bridgehead atoms. The van der Waals surface area contributed by atoms with Gasteiger partial charge in [-0.05, 0) is 0 Å². The molecule has 0 aliphatic rings. The van der Waals surface area contributed by atoms with E-state index in [4.69, 9.17) is 15.9 Å². The predicted octanol–water partition coefficient (Wildman–Crippen LogP) is 0.375. The molecule has 10 heavy (non-hydrogen) atoms. The van der Waals surface area contributed by atoms with Gasteiger partial charge in [0.2, 0.25) is 5.91 Å². The first-order valence-corrected chi connectivity index (χ1v) is 2.59. The third kappa shape index (κ3) is 3.54. The van der Waals surface area contributed by atoms with Crippen molar-refractivity contribution in [3.05, 3.63) is 24.2 Å². The highest BCUT2D eigenvalue weighted by Gasteiger charge is 1.98. The van der Waals surface area contributed by atoms with Gasteiger partial charge in [-0.3, -0.25) is 4.79 Å². The highest BCUT2D eigenvalue weighted by atomic mass is 16.5. The van der Waals surface area contributed by atoms with E-state index in [-0.39, 0.29) is 12.0 Å². The molecule has 0 heterocycles. The summed E-state index contributed by atoms with van der Waals surface area (Å²) in [5.74, 6) is -1.47. The van der Waals surface area contributed by atoms with Crippen LogP contribution in [0.25, 0.3) is 0 Å². The van der Waals surface area contributed by atoms with Crippen LogP contribution in [0.15, 0.2) is 24.2 Å². The van der Waals surface area contributed by atoms with Crippen molar-refractivity contribution in [2.24, 2.45) is 5.73 Å². The largest absolute Gasteiger partial charge is 0.481 e. The van der Waals surface area contributed by atoms with E-state index in [1.165, 1.54) is 0 Å². The van der Waals surface area contributed by atoms with Gasteiger partial charge in [-0.2, -0.15) is 0 Å². The number of amides is 1. The van der Waals surface area contributed by atoms with E-state index < -0.39 is 11.9 Å². The van der Waals surface area contributed by atoms with Gasteiger partial charge in [0.05, 0.1) is 0 Å². The van der Waals surface area contributed by atoms with Crippen LogP contribution < -0.4 is 5.73 Å². The molecule has 0 saturated carbocycles. The Bertz CT molecular complexity index is 179. The zero-order valence-electron chi connectivity index (χ0n) is 5.37. The Morgan fingerprint density at radius 2 is 2.10 bits per heavy atom. The Morgan fingerprint density at radius 1 is 1.60 bits per heavy atom. The Hall–Kier alpha value is -1.45. The van der Waals surface area contributed by atoms with Crippen molar-refractivity contribution in [2.75, 3.05) is 0 Å². The van der Waals surface area contributed by atoms with Gasteiger partial charge in [-0.1, -0.05) is 6.58 Å². The maximum absolute atomic E-state index is 10.2. The van der Waals surface area contributed by atoms with Crippen molar-refractivity contribution >= 4 is 5.91 Å². The Morgan fingerprint density at radius 3 is 2.40 bits per heavy atom. The number of hydrogen-bond acceptors (Lipinski definition) is 3. The molecule has 0 aliphatic carbocycles. The summed E-state index contributed by atoms with van der Waals surface area (Å²) in [6.45, 7) is 3.28. The van der Waals surface area contributed by atoms with Crippen molar-refractivity contribution < 1.29 is 15.0 Å². The molecule has 4 nitrogen and oxygen atoms in total. The zero-order valence-corrected chi connectivity index (χ0v) is 5.37. The van der Waals surface area contributed by atoms with Crippen LogP contribution in [0.1, 0.15) is 6.42 Å². The van der Waals surface area contributed by atoms with E-state index in [9.17, 15) is 4.79 Å². The molecule has 56 valence electrons. The lowest BCUT2D eigenvalue weighted by Crippen LogP contribution is -2.12. The van der Waals surface area contributed by atoms with E-state index in [0.29, 0.717) is 0 Å². The lowest BCUT2D eigenvalue weighted by Gasteiger charge is -1.93. The van der Waals surface area contributed by atoms with Gasteiger partial charge < -0.3 is 15.9 Å². The lowest BCUT2D eigenvalue weighted by atomic mass is 10.2. The van der Waals surface area contributed by atoms with Crippen molar-refractivity contribution in [1.29, 1.82) is 0 Å². The monoisotopic (exact) mass is 143 g/mol. The number of carbonyl (C=O) groups is 1. The van der Waals surface area contributed by atoms with Gasteiger partial charge in [0.25, 0.3) is 5.95 Å². The Kier molecular flexibility index (Phi) is 3.04. The van der Waals surface area contributed by atoms with Crippen LogP contribution in [0, 0.1) is 0 Å². The molecule has 0 atom stereocenters. The summed E-state index contributed by atoms with van der Waals surface area (Å²) in [5, 5.41) is 16.4. The second kappa shape index (κ2) is 3.55. The number of primary amides is 1. The fourth-order valence-electron chi connectivity index (χ4n) is 0.315. The molecule has 0 spiro atoms. The summed E-state index contributed by atoms with van der Waals surface area (Å²) in [5.41, 5.74) is 4.93. The van der Waals surface area contributed by atoms with Crippen LogP contribution >= 0.6 is 0 Å². The standard InChI is InChI=1S/C6H9NO3/c1-4(6(7)10)2-3-5(8)9/h3,8-9H,1-2H2,(H2,7,10). The van der Waals surface area contributed by atoms with E-state index >= 15 is 0 Å². The Labute approximate surface area is 58.3 Å². The van der Waals surface area contributed by atoms with Crippen molar-refractivity contribution in [2.45, 2.75) is 6.42 Å². The van der Waals surface area contributed by atoms with Crippen LogP contribution in [-0.2, 0) is 4.79 Å². The van der Waals surface area contributed by atoms with Gasteiger partial charge in [0.15, 0.2) is 0 Å². The molecule has 0 aromatic heterocycles. The molecule has 0 aromatic carbocycles. The van der Waals surface area contributed by atoms with Crippen molar-refractivity contribution in [3.8, 4) is 0 Å². The van der Waals surface area contributed by atoms with Gasteiger partial charge in [0.1, 0.15) is 0 Å². The summed E-state index contributed by atoms with van der Waals surface area (Å²) in [6.07, 6.45) is 1.10. The number of hydrogen-bond donors (Lipinski definition) is 3. The molecule has 0 fully saturated rings. The second-order valence-electron chi connectivity index (χ2n) is 1.73. The fourth-order valence-corrected chi connectivity index (χ4v) is 0.315. The maximum atomic E-state index is 10.2. The summed E-state index contributed by atoms with van der Waals surface area (Å²) in [4.78, 5) is 10.2. The molecule has 4 heteroatoms. The van der Waals surface area contributed by atoms with Gasteiger partial charge in [-0.15, -0.1) is 0 Å². The number of rotatable bonds is 3. The minimum absolute atomic E-state index is 0.0671. The minimum Gasteiger partial charge on any atom is -0.481 e. The normalized spacial score (nSPS) is 8.40. The minimum atomic E-state index is -0.831. The molecule has 0 rings (SSSR count). The molecule has 4 N–H and O–H groups in total. The van der Waals surface area contributed by atoms with Crippen LogP contribution in [0.4, 0.5) is 0 Å². The first-order valence-electron chi connectivity index (χ1n) is 2.59.